The Balaban J connectivity index is 1.66. The lowest BCUT2D eigenvalue weighted by atomic mass is 9.78. The predicted molar refractivity (Wildman–Crippen MR) is 126 cm³/mol. The summed E-state index contributed by atoms with van der Waals surface area (Å²) in [7, 11) is 0. The summed E-state index contributed by atoms with van der Waals surface area (Å²) in [6.45, 7) is 12.9. The van der Waals surface area contributed by atoms with Gasteiger partial charge in [0.15, 0.2) is 5.79 Å². The standard InChI is InChI=1S/C27H42O6/c1-7-23(28)31-25(20(5)26-18(3)22-13-14-27(6,32-22)33-26)19(4)24(29)17(2)15-30-16-21-11-9-8-10-12-21/h8-12,17-20,22,24-26,29H,7,13-16H2,1-6H3/t17-,18+,19+,20+,22-,24-,25+,26+,27-/m0/s1. The van der Waals surface area contributed by atoms with Crippen LogP contribution >= 0.6 is 0 Å². The van der Waals surface area contributed by atoms with Crippen LogP contribution in [0.4, 0.5) is 0 Å². The Morgan fingerprint density at radius 2 is 1.91 bits per heavy atom. The van der Waals surface area contributed by atoms with Crippen LogP contribution in [0, 0.1) is 23.7 Å². The molecule has 2 fully saturated rings. The largest absolute Gasteiger partial charge is 0.462 e. The number of ether oxygens (including phenoxy) is 4. The minimum Gasteiger partial charge on any atom is -0.462 e. The van der Waals surface area contributed by atoms with Crippen molar-refractivity contribution in [1.29, 1.82) is 0 Å². The van der Waals surface area contributed by atoms with Crippen LogP contribution in [-0.2, 0) is 30.3 Å². The third-order valence-corrected chi connectivity index (χ3v) is 7.50. The first kappa shape index (κ1) is 26.1. The van der Waals surface area contributed by atoms with Crippen molar-refractivity contribution in [2.24, 2.45) is 23.7 Å². The van der Waals surface area contributed by atoms with Gasteiger partial charge in [0.1, 0.15) is 6.10 Å². The van der Waals surface area contributed by atoms with E-state index in [2.05, 4.69) is 13.8 Å². The quantitative estimate of drug-likeness (QED) is 0.480. The molecule has 6 nitrogen and oxygen atoms in total. The van der Waals surface area contributed by atoms with Crippen LogP contribution in [0.25, 0.3) is 0 Å². The maximum atomic E-state index is 12.3. The van der Waals surface area contributed by atoms with Crippen LogP contribution in [-0.4, -0.2) is 47.9 Å². The molecule has 1 aromatic carbocycles. The number of fused-ring (bicyclic) bond motifs is 2. The first-order valence-electron chi connectivity index (χ1n) is 12.5. The maximum absolute atomic E-state index is 12.3. The molecule has 2 saturated heterocycles. The molecule has 186 valence electrons. The Morgan fingerprint density at radius 1 is 1.21 bits per heavy atom. The zero-order valence-corrected chi connectivity index (χ0v) is 21.0. The van der Waals surface area contributed by atoms with E-state index in [1.807, 2.05) is 51.1 Å². The predicted octanol–water partition coefficient (Wildman–Crippen LogP) is 4.72. The highest BCUT2D eigenvalue weighted by molar-refractivity contribution is 5.69. The SMILES string of the molecule is CCC(=O)O[C@@H]([C@@H](C)[C@@H]1O[C@@]2(C)CC[C@H](O2)[C@H]1C)[C@H](C)[C@@H](O)[C@@H](C)COCc1ccccc1. The van der Waals surface area contributed by atoms with Gasteiger partial charge in [0, 0.05) is 36.5 Å². The van der Waals surface area contributed by atoms with Crippen LogP contribution in [0.2, 0.25) is 0 Å². The summed E-state index contributed by atoms with van der Waals surface area (Å²) in [5, 5.41) is 11.2. The van der Waals surface area contributed by atoms with E-state index in [1.165, 1.54) is 0 Å². The molecule has 2 aliphatic rings. The summed E-state index contributed by atoms with van der Waals surface area (Å²) in [5.74, 6) is -1.10. The number of carbonyl (C=O) groups excluding carboxylic acids is 1. The summed E-state index contributed by atoms with van der Waals surface area (Å²) < 4.78 is 24.3. The molecule has 2 heterocycles. The van der Waals surface area contributed by atoms with E-state index in [-0.39, 0.29) is 41.8 Å². The average Bonchev–Trinajstić information content (AvgIpc) is 3.16. The van der Waals surface area contributed by atoms with E-state index >= 15 is 0 Å². The number of hydrogen-bond donors (Lipinski definition) is 1. The van der Waals surface area contributed by atoms with Crippen molar-refractivity contribution in [1.82, 2.24) is 0 Å². The van der Waals surface area contributed by atoms with Crippen molar-refractivity contribution in [3.8, 4) is 0 Å². The number of rotatable bonds is 11. The molecule has 0 aromatic heterocycles. The third-order valence-electron chi connectivity index (χ3n) is 7.50. The smallest absolute Gasteiger partial charge is 0.305 e. The molecule has 6 heteroatoms. The van der Waals surface area contributed by atoms with E-state index < -0.39 is 18.0 Å². The molecule has 0 saturated carbocycles. The monoisotopic (exact) mass is 462 g/mol. The topological polar surface area (TPSA) is 74.2 Å². The van der Waals surface area contributed by atoms with E-state index in [0.717, 1.165) is 18.4 Å². The van der Waals surface area contributed by atoms with Crippen molar-refractivity contribution in [2.75, 3.05) is 6.61 Å². The van der Waals surface area contributed by atoms with E-state index in [1.54, 1.807) is 6.92 Å². The lowest BCUT2D eigenvalue weighted by molar-refractivity contribution is -0.309. The third kappa shape index (κ3) is 6.36. The Bertz CT molecular complexity index is 754. The minimum absolute atomic E-state index is 0.0820. The van der Waals surface area contributed by atoms with Gasteiger partial charge in [-0.25, -0.2) is 0 Å². The zero-order chi connectivity index (χ0) is 24.2. The molecule has 2 bridgehead atoms. The van der Waals surface area contributed by atoms with E-state index in [4.69, 9.17) is 18.9 Å². The zero-order valence-electron chi connectivity index (χ0n) is 21.0. The second-order valence-corrected chi connectivity index (χ2v) is 10.3. The fraction of sp³-hybridized carbons (Fsp3) is 0.741. The lowest BCUT2D eigenvalue weighted by Gasteiger charge is -2.46. The van der Waals surface area contributed by atoms with Gasteiger partial charge < -0.3 is 24.1 Å². The molecule has 0 amide bonds. The van der Waals surface area contributed by atoms with Crippen molar-refractivity contribution < 1.29 is 28.8 Å². The van der Waals surface area contributed by atoms with Gasteiger partial charge in [0.05, 0.1) is 31.5 Å². The van der Waals surface area contributed by atoms with Crippen LogP contribution < -0.4 is 0 Å². The first-order valence-corrected chi connectivity index (χ1v) is 12.5. The molecule has 9 atom stereocenters. The maximum Gasteiger partial charge on any atom is 0.305 e. The summed E-state index contributed by atoms with van der Waals surface area (Å²) in [4.78, 5) is 12.3. The van der Waals surface area contributed by atoms with Crippen LogP contribution in [0.15, 0.2) is 30.3 Å². The average molecular weight is 463 g/mol. The number of benzene rings is 1. The fourth-order valence-electron chi connectivity index (χ4n) is 5.36. The number of carbonyl (C=O) groups is 1. The Morgan fingerprint density at radius 3 is 2.58 bits per heavy atom. The molecule has 1 aromatic rings. The van der Waals surface area contributed by atoms with Crippen molar-refractivity contribution in [2.45, 2.75) is 97.6 Å². The van der Waals surface area contributed by atoms with E-state index in [9.17, 15) is 9.90 Å². The molecule has 2 aliphatic heterocycles. The van der Waals surface area contributed by atoms with Crippen LogP contribution in [0.5, 0.6) is 0 Å². The van der Waals surface area contributed by atoms with Gasteiger partial charge in [0.25, 0.3) is 0 Å². The molecule has 0 radical (unpaired) electrons. The first-order chi connectivity index (χ1) is 15.6. The van der Waals surface area contributed by atoms with Crippen molar-refractivity contribution in [3.05, 3.63) is 35.9 Å². The van der Waals surface area contributed by atoms with Crippen LogP contribution in [0.1, 0.15) is 66.4 Å². The van der Waals surface area contributed by atoms with Gasteiger partial charge in [-0.05, 0) is 18.9 Å². The second-order valence-electron chi connectivity index (χ2n) is 10.3. The van der Waals surface area contributed by atoms with Gasteiger partial charge in [-0.3, -0.25) is 4.79 Å². The number of esters is 1. The highest BCUT2D eigenvalue weighted by Crippen LogP contribution is 2.46. The van der Waals surface area contributed by atoms with Gasteiger partial charge in [-0.15, -0.1) is 0 Å². The van der Waals surface area contributed by atoms with E-state index in [0.29, 0.717) is 19.6 Å². The molecule has 1 N–H and O–H groups in total. The second kappa shape index (κ2) is 11.3. The molecule has 33 heavy (non-hydrogen) atoms. The van der Waals surface area contributed by atoms with Gasteiger partial charge in [0.2, 0.25) is 0 Å². The van der Waals surface area contributed by atoms with Crippen molar-refractivity contribution in [3.63, 3.8) is 0 Å². The van der Waals surface area contributed by atoms with Gasteiger partial charge in [-0.2, -0.15) is 0 Å². The Hall–Kier alpha value is -1.47. The molecular formula is C27H42O6. The molecular weight excluding hydrogens is 420 g/mol. The molecule has 0 spiro atoms. The number of hydrogen-bond acceptors (Lipinski definition) is 6. The number of aliphatic hydroxyl groups is 1. The minimum atomic E-state index is -0.680. The van der Waals surface area contributed by atoms with Crippen LogP contribution in [0.3, 0.4) is 0 Å². The Labute approximate surface area is 198 Å². The highest BCUT2D eigenvalue weighted by Gasteiger charge is 2.52. The van der Waals surface area contributed by atoms with Crippen molar-refractivity contribution >= 4 is 5.97 Å². The van der Waals surface area contributed by atoms with Gasteiger partial charge in [-0.1, -0.05) is 65.0 Å². The number of aliphatic hydroxyl groups excluding tert-OH is 1. The summed E-state index contributed by atoms with van der Waals surface area (Å²) in [5.41, 5.74) is 1.10. The Kier molecular flexibility index (Phi) is 8.95. The van der Waals surface area contributed by atoms with Gasteiger partial charge >= 0.3 is 5.97 Å². The molecule has 3 rings (SSSR count). The molecule has 0 unspecified atom stereocenters. The summed E-state index contributed by atoms with van der Waals surface area (Å²) in [6.07, 6.45) is 1.06. The fourth-order valence-corrected chi connectivity index (χ4v) is 5.36. The lowest BCUT2D eigenvalue weighted by Crippen LogP contribution is -2.53. The summed E-state index contributed by atoms with van der Waals surface area (Å²) >= 11 is 0. The summed E-state index contributed by atoms with van der Waals surface area (Å²) in [6, 6.07) is 9.99. The molecule has 0 aliphatic carbocycles. The highest BCUT2D eigenvalue weighted by atomic mass is 16.7. The normalized spacial score (nSPS) is 31.4.